The summed E-state index contributed by atoms with van der Waals surface area (Å²) < 4.78 is 13.0. The Labute approximate surface area is 150 Å². The minimum atomic E-state index is -1.05. The monoisotopic (exact) mass is 356 g/mol. The molecule has 3 unspecified atom stereocenters. The highest BCUT2D eigenvalue weighted by molar-refractivity contribution is 6.03. The highest BCUT2D eigenvalue weighted by atomic mass is 19.1. The molecule has 4 rings (SSSR count). The van der Waals surface area contributed by atoms with Crippen LogP contribution < -0.4 is 16.0 Å². The summed E-state index contributed by atoms with van der Waals surface area (Å²) in [5.74, 6) is -0.468. The lowest BCUT2D eigenvalue weighted by Crippen LogP contribution is -2.32. The van der Waals surface area contributed by atoms with Gasteiger partial charge in [-0.2, -0.15) is 0 Å². The van der Waals surface area contributed by atoms with Crippen LogP contribution in [-0.4, -0.2) is 29.0 Å². The normalized spacial score (nSPS) is 24.9. The van der Waals surface area contributed by atoms with Crippen molar-refractivity contribution in [1.82, 2.24) is 4.98 Å². The number of halogens is 1. The van der Waals surface area contributed by atoms with Crippen LogP contribution in [0.2, 0.25) is 0 Å². The van der Waals surface area contributed by atoms with Crippen LogP contribution in [-0.2, 0) is 9.59 Å². The highest BCUT2D eigenvalue weighted by Gasteiger charge is 2.43. The lowest BCUT2D eigenvalue weighted by Gasteiger charge is -2.24. The Balaban J connectivity index is 1.68. The molecule has 1 aromatic heterocycles. The lowest BCUT2D eigenvalue weighted by molar-refractivity contribution is -0.118. The fourth-order valence-corrected chi connectivity index (χ4v) is 3.62. The minimum absolute atomic E-state index is 0.0981. The molecule has 2 fully saturated rings. The maximum atomic E-state index is 13.0. The molecule has 136 valence electrons. The quantitative estimate of drug-likeness (QED) is 0.824. The summed E-state index contributed by atoms with van der Waals surface area (Å²) >= 11 is 0. The van der Waals surface area contributed by atoms with Crippen molar-refractivity contribution in [2.24, 2.45) is 5.92 Å². The van der Waals surface area contributed by atoms with Crippen molar-refractivity contribution < 1.29 is 14.0 Å². The van der Waals surface area contributed by atoms with Gasteiger partial charge in [0.15, 0.2) is 0 Å². The van der Waals surface area contributed by atoms with Crippen LogP contribution in [0.1, 0.15) is 32.6 Å². The first kappa shape index (κ1) is 16.8. The van der Waals surface area contributed by atoms with Gasteiger partial charge in [0.25, 0.3) is 0 Å². The molecule has 0 bridgehead atoms. The van der Waals surface area contributed by atoms with Gasteiger partial charge in [-0.25, -0.2) is 9.37 Å². The largest absolute Gasteiger partial charge is 0.398 e. The molecule has 1 aliphatic heterocycles. The van der Waals surface area contributed by atoms with Crippen molar-refractivity contribution in [2.75, 3.05) is 16.0 Å². The number of carbonyl (C=O) groups excluding carboxylic acids is 2. The zero-order valence-electron chi connectivity index (χ0n) is 14.5. The number of carbonyl (C=O) groups is 2. The molecule has 1 saturated heterocycles. The van der Waals surface area contributed by atoms with E-state index in [2.05, 4.69) is 17.2 Å². The Bertz CT molecular complexity index is 900. The van der Waals surface area contributed by atoms with Crippen molar-refractivity contribution in [3.8, 4) is 0 Å². The summed E-state index contributed by atoms with van der Waals surface area (Å²) in [5.41, 5.74) is 7.46. The molecule has 2 amide bonds. The number of hydrogen-bond donors (Lipinski definition) is 2. The number of amides is 2. The molecule has 0 spiro atoms. The van der Waals surface area contributed by atoms with Gasteiger partial charge in [-0.15, -0.1) is 0 Å². The molecule has 7 heteroatoms. The van der Waals surface area contributed by atoms with Crippen molar-refractivity contribution in [3.63, 3.8) is 0 Å². The topological polar surface area (TPSA) is 88.3 Å². The molecule has 3 N–H and O–H groups in total. The molecule has 1 saturated carbocycles. The van der Waals surface area contributed by atoms with E-state index in [4.69, 9.17) is 5.73 Å². The van der Waals surface area contributed by atoms with Gasteiger partial charge in [0.2, 0.25) is 11.8 Å². The number of nitrogens with two attached hydrogens (primary N) is 1. The van der Waals surface area contributed by atoms with Gasteiger partial charge in [0, 0.05) is 35.4 Å². The second-order valence-corrected chi connectivity index (χ2v) is 7.04. The second kappa shape index (κ2) is 6.23. The number of nitrogen functional groups attached to an aromatic ring is 1. The van der Waals surface area contributed by atoms with Crippen LogP contribution in [0, 0.1) is 5.92 Å². The Morgan fingerprint density at radius 3 is 2.88 bits per heavy atom. The Hall–Kier alpha value is -2.70. The van der Waals surface area contributed by atoms with E-state index in [-0.39, 0.29) is 24.3 Å². The van der Waals surface area contributed by atoms with Crippen LogP contribution in [0.25, 0.3) is 10.8 Å². The number of hydrogen-bond acceptors (Lipinski definition) is 4. The molecule has 1 aromatic carbocycles. The average Bonchev–Trinajstić information content (AvgIpc) is 3.22. The van der Waals surface area contributed by atoms with E-state index >= 15 is 0 Å². The van der Waals surface area contributed by atoms with Gasteiger partial charge in [-0.3, -0.25) is 9.59 Å². The van der Waals surface area contributed by atoms with E-state index in [0.29, 0.717) is 17.9 Å². The van der Waals surface area contributed by atoms with E-state index < -0.39 is 12.1 Å². The van der Waals surface area contributed by atoms with Crippen molar-refractivity contribution in [3.05, 3.63) is 24.4 Å². The first-order chi connectivity index (χ1) is 12.5. The molecule has 1 aliphatic carbocycles. The van der Waals surface area contributed by atoms with Crippen LogP contribution in [0.4, 0.5) is 21.6 Å². The number of nitrogens with one attached hydrogen (secondary N) is 1. The SMILES string of the molecule is CCC1CCC(=O)N1c1cc(N)c2cnc(NC(=O)C3CC3F)cc2c1. The zero-order chi connectivity index (χ0) is 18.4. The molecule has 0 radical (unpaired) electrons. The van der Waals surface area contributed by atoms with Crippen molar-refractivity contribution >= 4 is 39.8 Å². The number of alkyl halides is 1. The third kappa shape index (κ3) is 2.87. The first-order valence-electron chi connectivity index (χ1n) is 8.94. The average molecular weight is 356 g/mol. The molecule has 2 aromatic rings. The zero-order valence-corrected chi connectivity index (χ0v) is 14.5. The van der Waals surface area contributed by atoms with Crippen LogP contribution >= 0.6 is 0 Å². The summed E-state index contributed by atoms with van der Waals surface area (Å²) in [4.78, 5) is 30.2. The molecular formula is C19H21FN4O2. The van der Waals surface area contributed by atoms with E-state index in [1.807, 2.05) is 11.0 Å². The third-order valence-electron chi connectivity index (χ3n) is 5.23. The standard InChI is InChI=1S/C19H21FN4O2/c1-2-11-3-4-18(25)24(11)12-5-10-6-17(22-9-14(10)16(21)7-12)23-19(26)13-8-15(13)20/h5-7,9,11,13,15H,2-4,8,21H2,1H3,(H,22,23,26). The molecule has 2 aliphatic rings. The van der Waals surface area contributed by atoms with Crippen molar-refractivity contribution in [2.45, 2.75) is 44.8 Å². The fraction of sp³-hybridized carbons (Fsp3) is 0.421. The molecule has 6 nitrogen and oxygen atoms in total. The van der Waals surface area contributed by atoms with Gasteiger partial charge in [-0.05, 0) is 42.8 Å². The number of pyridine rings is 1. The lowest BCUT2D eigenvalue weighted by atomic mass is 10.1. The maximum Gasteiger partial charge on any atom is 0.231 e. The highest BCUT2D eigenvalue weighted by Crippen LogP contribution is 2.36. The van der Waals surface area contributed by atoms with Gasteiger partial charge in [0.1, 0.15) is 12.0 Å². The number of rotatable bonds is 4. The Morgan fingerprint density at radius 1 is 1.42 bits per heavy atom. The fourth-order valence-electron chi connectivity index (χ4n) is 3.62. The van der Waals surface area contributed by atoms with Crippen molar-refractivity contribution in [1.29, 1.82) is 0 Å². The molecule has 3 atom stereocenters. The summed E-state index contributed by atoms with van der Waals surface area (Å²) in [5, 5.41) is 4.19. The van der Waals surface area contributed by atoms with E-state index in [1.165, 1.54) is 0 Å². The van der Waals surface area contributed by atoms with Gasteiger partial charge >= 0.3 is 0 Å². The van der Waals surface area contributed by atoms with Crippen LogP contribution in [0.15, 0.2) is 24.4 Å². The molecular weight excluding hydrogens is 335 g/mol. The number of benzene rings is 1. The van der Waals surface area contributed by atoms with E-state index in [0.717, 1.165) is 29.3 Å². The number of aromatic nitrogens is 1. The minimum Gasteiger partial charge on any atom is -0.398 e. The molecule has 2 heterocycles. The molecule has 26 heavy (non-hydrogen) atoms. The van der Waals surface area contributed by atoms with Crippen LogP contribution in [0.5, 0.6) is 0 Å². The number of anilines is 3. The predicted octanol–water partition coefficient (Wildman–Crippen LogP) is 3.02. The summed E-state index contributed by atoms with van der Waals surface area (Å²) in [6.45, 7) is 2.06. The Morgan fingerprint density at radius 2 is 2.19 bits per heavy atom. The van der Waals surface area contributed by atoms with Gasteiger partial charge in [-0.1, -0.05) is 6.92 Å². The third-order valence-corrected chi connectivity index (χ3v) is 5.23. The maximum absolute atomic E-state index is 13.0. The summed E-state index contributed by atoms with van der Waals surface area (Å²) in [6, 6.07) is 5.58. The second-order valence-electron chi connectivity index (χ2n) is 7.04. The summed E-state index contributed by atoms with van der Waals surface area (Å²) in [6.07, 6.45) is 3.08. The van der Waals surface area contributed by atoms with Gasteiger partial charge in [0.05, 0.1) is 5.92 Å². The number of fused-ring (bicyclic) bond motifs is 1. The van der Waals surface area contributed by atoms with E-state index in [9.17, 15) is 14.0 Å². The number of nitrogens with zero attached hydrogens (tertiary/aromatic N) is 2. The first-order valence-corrected chi connectivity index (χ1v) is 8.94. The van der Waals surface area contributed by atoms with Gasteiger partial charge < -0.3 is 16.0 Å². The Kier molecular flexibility index (Phi) is 4.01. The van der Waals surface area contributed by atoms with Crippen LogP contribution in [0.3, 0.4) is 0 Å². The summed E-state index contributed by atoms with van der Waals surface area (Å²) in [7, 11) is 0. The van der Waals surface area contributed by atoms with E-state index in [1.54, 1.807) is 18.3 Å². The predicted molar refractivity (Wildman–Crippen MR) is 98.6 cm³/mol. The smallest absolute Gasteiger partial charge is 0.231 e.